The molecule has 2 aliphatic rings. The van der Waals surface area contributed by atoms with Crippen LogP contribution in [0.4, 0.5) is 0 Å². The normalized spacial score (nSPS) is 19.9. The van der Waals surface area contributed by atoms with Crippen LogP contribution in [0.25, 0.3) is 0 Å². The predicted octanol–water partition coefficient (Wildman–Crippen LogP) is 2.58. The molecule has 1 unspecified atom stereocenters. The number of nitrogens with one attached hydrogen (secondary N) is 2. The van der Waals surface area contributed by atoms with Crippen molar-refractivity contribution in [2.45, 2.75) is 38.3 Å². The van der Waals surface area contributed by atoms with Gasteiger partial charge >= 0.3 is 0 Å². The Kier molecular flexibility index (Phi) is 5.78. The highest BCUT2D eigenvalue weighted by Gasteiger charge is 2.57. The molecule has 1 saturated carbocycles. The number of rotatable bonds is 7. The number of nitrogens with zero attached hydrogens (tertiary/aromatic N) is 1. The molecule has 1 aromatic carbocycles. The van der Waals surface area contributed by atoms with E-state index in [0.717, 1.165) is 37.9 Å². The molecule has 6 heteroatoms. The van der Waals surface area contributed by atoms with Crippen molar-refractivity contribution in [1.29, 1.82) is 0 Å². The van der Waals surface area contributed by atoms with E-state index in [1.807, 2.05) is 40.6 Å². The molecule has 2 fully saturated rings. The van der Waals surface area contributed by atoms with E-state index in [1.165, 1.54) is 5.56 Å². The Labute approximate surface area is 170 Å². The second kappa shape index (κ2) is 8.45. The van der Waals surface area contributed by atoms with E-state index >= 15 is 0 Å². The van der Waals surface area contributed by atoms with Crippen molar-refractivity contribution in [3.63, 3.8) is 0 Å². The van der Waals surface area contributed by atoms with Gasteiger partial charge in [-0.1, -0.05) is 30.3 Å². The molecule has 1 aliphatic carbocycles. The summed E-state index contributed by atoms with van der Waals surface area (Å²) in [7, 11) is 0. The third kappa shape index (κ3) is 4.45. The van der Waals surface area contributed by atoms with Gasteiger partial charge in [0.2, 0.25) is 11.8 Å². The summed E-state index contributed by atoms with van der Waals surface area (Å²) in [5.41, 5.74) is 2.41. The summed E-state index contributed by atoms with van der Waals surface area (Å²) in [5.74, 6) is -0.0876. The van der Waals surface area contributed by atoms with Gasteiger partial charge in [-0.25, -0.2) is 0 Å². The van der Waals surface area contributed by atoms with Crippen LogP contribution >= 0.6 is 11.3 Å². The summed E-state index contributed by atoms with van der Waals surface area (Å²) in [4.78, 5) is 27.3. The Morgan fingerprint density at radius 3 is 2.64 bits per heavy atom. The zero-order valence-corrected chi connectivity index (χ0v) is 16.8. The van der Waals surface area contributed by atoms with Gasteiger partial charge in [-0.2, -0.15) is 11.3 Å². The van der Waals surface area contributed by atoms with Crippen LogP contribution < -0.4 is 10.6 Å². The highest BCUT2D eigenvalue weighted by Crippen LogP contribution is 2.56. The van der Waals surface area contributed by atoms with Crippen LogP contribution in [0.15, 0.2) is 47.2 Å². The maximum absolute atomic E-state index is 13.0. The van der Waals surface area contributed by atoms with Gasteiger partial charge in [-0.05, 0) is 65.7 Å². The third-order valence-electron chi connectivity index (χ3n) is 6.02. The predicted molar refractivity (Wildman–Crippen MR) is 111 cm³/mol. The molecule has 1 aliphatic heterocycles. The lowest BCUT2D eigenvalue weighted by molar-refractivity contribution is -0.134. The molecule has 1 aromatic heterocycles. The van der Waals surface area contributed by atoms with Gasteiger partial charge in [0.1, 0.15) is 0 Å². The number of carbonyl (C=O) groups excluding carboxylic acids is 2. The van der Waals surface area contributed by atoms with Crippen molar-refractivity contribution < 1.29 is 9.59 Å². The average molecular weight is 398 g/mol. The fourth-order valence-corrected chi connectivity index (χ4v) is 4.96. The van der Waals surface area contributed by atoms with E-state index in [2.05, 4.69) is 22.1 Å². The standard InChI is InChI=1S/C22H27N3O2S/c26-20(12-17-4-2-1-3-5-17)24-14-21(27)25(15-18-6-11-28-16-18)19-13-22(19)7-9-23-10-8-22/h1-6,11,16,19,23H,7-10,12-15H2,(H,24,26). The number of thiophene rings is 1. The Hall–Kier alpha value is -2.18. The molecule has 4 rings (SSSR count). The highest BCUT2D eigenvalue weighted by molar-refractivity contribution is 7.07. The summed E-state index contributed by atoms with van der Waals surface area (Å²) in [5, 5.41) is 10.4. The highest BCUT2D eigenvalue weighted by atomic mass is 32.1. The first-order valence-corrected chi connectivity index (χ1v) is 10.9. The van der Waals surface area contributed by atoms with Crippen molar-refractivity contribution >= 4 is 23.2 Å². The molecule has 2 amide bonds. The van der Waals surface area contributed by atoms with Crippen LogP contribution in [-0.2, 0) is 22.6 Å². The lowest BCUT2D eigenvalue weighted by atomic mass is 9.93. The smallest absolute Gasteiger partial charge is 0.242 e. The van der Waals surface area contributed by atoms with Gasteiger partial charge in [0.05, 0.1) is 13.0 Å². The van der Waals surface area contributed by atoms with E-state index in [-0.39, 0.29) is 23.8 Å². The van der Waals surface area contributed by atoms with Crippen molar-refractivity contribution in [3.05, 3.63) is 58.3 Å². The molecule has 2 heterocycles. The summed E-state index contributed by atoms with van der Waals surface area (Å²) < 4.78 is 0. The Morgan fingerprint density at radius 1 is 1.14 bits per heavy atom. The molecule has 1 atom stereocenters. The summed E-state index contributed by atoms with van der Waals surface area (Å²) in [6.07, 6.45) is 3.65. The van der Waals surface area contributed by atoms with Gasteiger partial charge in [0, 0.05) is 12.6 Å². The fourth-order valence-electron chi connectivity index (χ4n) is 4.30. The maximum atomic E-state index is 13.0. The molecule has 2 N–H and O–H groups in total. The van der Waals surface area contributed by atoms with Crippen LogP contribution in [0.1, 0.15) is 30.4 Å². The number of carbonyl (C=O) groups is 2. The minimum atomic E-state index is -0.109. The minimum absolute atomic E-state index is 0.0213. The van der Waals surface area contributed by atoms with Gasteiger partial charge in [0.25, 0.3) is 0 Å². The van der Waals surface area contributed by atoms with E-state index in [1.54, 1.807) is 11.3 Å². The first-order valence-electron chi connectivity index (χ1n) is 9.98. The largest absolute Gasteiger partial charge is 0.347 e. The number of piperidine rings is 1. The van der Waals surface area contributed by atoms with Crippen LogP contribution in [0.2, 0.25) is 0 Å². The van der Waals surface area contributed by atoms with Gasteiger partial charge in [-0.15, -0.1) is 0 Å². The lowest BCUT2D eigenvalue weighted by Gasteiger charge is -2.29. The minimum Gasteiger partial charge on any atom is -0.347 e. The molecule has 28 heavy (non-hydrogen) atoms. The van der Waals surface area contributed by atoms with E-state index in [4.69, 9.17) is 0 Å². The molecular formula is C22H27N3O2S. The molecule has 0 bridgehead atoms. The molecule has 5 nitrogen and oxygen atoms in total. The Bertz CT molecular complexity index is 800. The van der Waals surface area contributed by atoms with Crippen LogP contribution in [0, 0.1) is 5.41 Å². The molecule has 148 valence electrons. The first kappa shape index (κ1) is 19.2. The third-order valence-corrected chi connectivity index (χ3v) is 6.75. The van der Waals surface area contributed by atoms with Crippen LogP contribution in [-0.4, -0.2) is 42.4 Å². The molecule has 0 radical (unpaired) electrons. The van der Waals surface area contributed by atoms with Crippen molar-refractivity contribution in [2.24, 2.45) is 5.41 Å². The molecule has 1 saturated heterocycles. The van der Waals surface area contributed by atoms with Crippen LogP contribution in [0.3, 0.4) is 0 Å². The van der Waals surface area contributed by atoms with Gasteiger partial charge in [0.15, 0.2) is 0 Å². The number of hydrogen-bond acceptors (Lipinski definition) is 4. The Balaban J connectivity index is 1.37. The van der Waals surface area contributed by atoms with E-state index in [0.29, 0.717) is 19.0 Å². The molecular weight excluding hydrogens is 370 g/mol. The first-order chi connectivity index (χ1) is 13.7. The number of amides is 2. The fraction of sp³-hybridized carbons (Fsp3) is 0.455. The monoisotopic (exact) mass is 397 g/mol. The van der Waals surface area contributed by atoms with Crippen molar-refractivity contribution in [2.75, 3.05) is 19.6 Å². The summed E-state index contributed by atoms with van der Waals surface area (Å²) >= 11 is 1.65. The number of benzene rings is 1. The SMILES string of the molecule is O=C(Cc1ccccc1)NCC(=O)N(Cc1ccsc1)C1CC12CCNCC2. The molecule has 2 aromatic rings. The second-order valence-corrected chi connectivity index (χ2v) is 8.70. The Morgan fingerprint density at radius 2 is 1.93 bits per heavy atom. The van der Waals surface area contributed by atoms with E-state index < -0.39 is 0 Å². The average Bonchev–Trinajstić information content (AvgIpc) is 3.14. The van der Waals surface area contributed by atoms with Gasteiger partial charge in [-0.3, -0.25) is 9.59 Å². The van der Waals surface area contributed by atoms with Crippen molar-refractivity contribution in [1.82, 2.24) is 15.5 Å². The lowest BCUT2D eigenvalue weighted by Crippen LogP contribution is -2.44. The van der Waals surface area contributed by atoms with Gasteiger partial charge < -0.3 is 15.5 Å². The summed E-state index contributed by atoms with van der Waals surface area (Å²) in [6, 6.07) is 12.0. The molecule has 1 spiro atoms. The van der Waals surface area contributed by atoms with E-state index in [9.17, 15) is 9.59 Å². The van der Waals surface area contributed by atoms with Crippen LogP contribution in [0.5, 0.6) is 0 Å². The zero-order valence-electron chi connectivity index (χ0n) is 16.0. The topological polar surface area (TPSA) is 61.4 Å². The second-order valence-electron chi connectivity index (χ2n) is 7.92. The van der Waals surface area contributed by atoms with Crippen molar-refractivity contribution in [3.8, 4) is 0 Å². The maximum Gasteiger partial charge on any atom is 0.242 e. The number of hydrogen-bond donors (Lipinski definition) is 2. The summed E-state index contributed by atoms with van der Waals surface area (Å²) in [6.45, 7) is 2.77. The zero-order chi connectivity index (χ0) is 19.4. The quantitative estimate of drug-likeness (QED) is 0.755.